The normalized spacial score (nSPS) is 12.2. The minimum atomic E-state index is -0.850. The summed E-state index contributed by atoms with van der Waals surface area (Å²) in [4.78, 5) is 13.9. The number of amides is 2. The van der Waals surface area contributed by atoms with Crippen LogP contribution in [0.3, 0.4) is 0 Å². The quantitative estimate of drug-likeness (QED) is 0.862. The summed E-state index contributed by atoms with van der Waals surface area (Å²) >= 11 is 0. The van der Waals surface area contributed by atoms with E-state index in [-0.39, 0.29) is 18.6 Å². The molecule has 118 valence electrons. The molecule has 0 saturated carbocycles. The van der Waals surface area contributed by atoms with Crippen molar-refractivity contribution in [2.45, 2.75) is 32.5 Å². The summed E-state index contributed by atoms with van der Waals surface area (Å²) in [5, 5.41) is 13.1. The highest BCUT2D eigenvalue weighted by molar-refractivity contribution is 5.74. The number of benzene rings is 1. The number of carbonyl (C=O) groups is 1. The van der Waals surface area contributed by atoms with Crippen LogP contribution in [0.15, 0.2) is 53.1 Å². The Labute approximate surface area is 130 Å². The van der Waals surface area contributed by atoms with Crippen molar-refractivity contribution in [3.05, 3.63) is 60.1 Å². The second-order valence-corrected chi connectivity index (χ2v) is 5.50. The van der Waals surface area contributed by atoms with Gasteiger partial charge in [-0.15, -0.1) is 0 Å². The minimum absolute atomic E-state index is 0.0338. The topological polar surface area (TPSA) is 65.7 Å². The van der Waals surface area contributed by atoms with Crippen LogP contribution in [0.5, 0.6) is 0 Å². The van der Waals surface area contributed by atoms with Crippen LogP contribution in [-0.4, -0.2) is 28.6 Å². The zero-order valence-corrected chi connectivity index (χ0v) is 12.9. The van der Waals surface area contributed by atoms with E-state index in [4.69, 9.17) is 4.42 Å². The highest BCUT2D eigenvalue weighted by atomic mass is 16.4. The number of aliphatic hydroxyl groups is 1. The number of hydrogen-bond acceptors (Lipinski definition) is 3. The molecule has 5 heteroatoms. The molecule has 0 aliphatic heterocycles. The molecule has 1 heterocycles. The van der Waals surface area contributed by atoms with Crippen LogP contribution in [0.25, 0.3) is 0 Å². The van der Waals surface area contributed by atoms with Crippen LogP contribution < -0.4 is 5.32 Å². The molecular weight excluding hydrogens is 280 g/mol. The molecular formula is C17H22N2O3. The Bertz CT molecular complexity index is 567. The SMILES string of the molecule is CC(C)NC(=O)N(Cc1ccccc1)C[C@H](O)c1ccco1. The molecule has 0 saturated heterocycles. The predicted octanol–water partition coefficient (Wildman–Crippen LogP) is 2.93. The van der Waals surface area contributed by atoms with Gasteiger partial charge in [-0.3, -0.25) is 0 Å². The molecule has 22 heavy (non-hydrogen) atoms. The van der Waals surface area contributed by atoms with Gasteiger partial charge in [-0.1, -0.05) is 30.3 Å². The number of nitrogens with zero attached hydrogens (tertiary/aromatic N) is 1. The van der Waals surface area contributed by atoms with Gasteiger partial charge in [0.05, 0.1) is 12.8 Å². The molecule has 0 spiro atoms. The Hall–Kier alpha value is -2.27. The molecule has 0 unspecified atom stereocenters. The first-order valence-electron chi connectivity index (χ1n) is 7.37. The fraction of sp³-hybridized carbons (Fsp3) is 0.353. The third-order valence-electron chi connectivity index (χ3n) is 3.18. The van der Waals surface area contributed by atoms with Gasteiger partial charge in [0.25, 0.3) is 0 Å². The molecule has 0 fully saturated rings. The zero-order valence-electron chi connectivity index (χ0n) is 12.9. The minimum Gasteiger partial charge on any atom is -0.467 e. The second kappa shape index (κ2) is 7.66. The van der Waals surface area contributed by atoms with Gasteiger partial charge < -0.3 is 19.7 Å². The van der Waals surface area contributed by atoms with E-state index in [0.717, 1.165) is 5.56 Å². The van der Waals surface area contributed by atoms with Gasteiger partial charge >= 0.3 is 6.03 Å². The van der Waals surface area contributed by atoms with E-state index >= 15 is 0 Å². The molecule has 2 aromatic rings. The summed E-state index contributed by atoms with van der Waals surface area (Å²) < 4.78 is 5.20. The molecule has 0 radical (unpaired) electrons. The molecule has 2 amide bonds. The standard InChI is InChI=1S/C17H22N2O3/c1-13(2)18-17(21)19(11-14-7-4-3-5-8-14)12-15(20)16-9-6-10-22-16/h3-10,13,15,20H,11-12H2,1-2H3,(H,18,21)/t15-/m0/s1. The third-order valence-corrected chi connectivity index (χ3v) is 3.18. The molecule has 5 nitrogen and oxygen atoms in total. The van der Waals surface area contributed by atoms with E-state index in [1.165, 1.54) is 6.26 Å². The smallest absolute Gasteiger partial charge is 0.317 e. The lowest BCUT2D eigenvalue weighted by atomic mass is 10.2. The van der Waals surface area contributed by atoms with Gasteiger partial charge in [0.15, 0.2) is 0 Å². The van der Waals surface area contributed by atoms with Crippen LogP contribution >= 0.6 is 0 Å². The van der Waals surface area contributed by atoms with Crippen molar-refractivity contribution in [1.29, 1.82) is 0 Å². The van der Waals surface area contributed by atoms with Gasteiger partial charge in [0.2, 0.25) is 0 Å². The van der Waals surface area contributed by atoms with Crippen molar-refractivity contribution >= 4 is 6.03 Å². The fourth-order valence-electron chi connectivity index (χ4n) is 2.14. The Balaban J connectivity index is 2.08. The van der Waals surface area contributed by atoms with Gasteiger partial charge in [-0.05, 0) is 31.5 Å². The number of rotatable bonds is 6. The molecule has 2 N–H and O–H groups in total. The maximum atomic E-state index is 12.3. The Morgan fingerprint density at radius 2 is 1.95 bits per heavy atom. The lowest BCUT2D eigenvalue weighted by Crippen LogP contribution is -2.44. The molecule has 0 aliphatic rings. The molecule has 1 aromatic heterocycles. The van der Waals surface area contributed by atoms with Crippen LogP contribution in [0, 0.1) is 0 Å². The average Bonchev–Trinajstić information content (AvgIpc) is 3.01. The lowest BCUT2D eigenvalue weighted by Gasteiger charge is -2.26. The molecule has 2 rings (SSSR count). The van der Waals surface area contributed by atoms with Crippen molar-refractivity contribution in [3.8, 4) is 0 Å². The fourth-order valence-corrected chi connectivity index (χ4v) is 2.14. The van der Waals surface area contributed by atoms with E-state index in [9.17, 15) is 9.90 Å². The van der Waals surface area contributed by atoms with E-state index in [2.05, 4.69) is 5.32 Å². The average molecular weight is 302 g/mol. The van der Waals surface area contributed by atoms with E-state index in [0.29, 0.717) is 12.3 Å². The molecule has 1 aromatic carbocycles. The summed E-state index contributed by atoms with van der Waals surface area (Å²) in [6.07, 6.45) is 0.658. The zero-order chi connectivity index (χ0) is 15.9. The summed E-state index contributed by atoms with van der Waals surface area (Å²) in [5.74, 6) is 0.454. The van der Waals surface area contributed by atoms with Gasteiger partial charge in [0.1, 0.15) is 11.9 Å². The van der Waals surface area contributed by atoms with E-state index < -0.39 is 6.10 Å². The van der Waals surface area contributed by atoms with Crippen LogP contribution in [0.4, 0.5) is 4.79 Å². The summed E-state index contributed by atoms with van der Waals surface area (Å²) in [6.45, 7) is 4.40. The molecule has 0 bridgehead atoms. The number of urea groups is 1. The van der Waals surface area contributed by atoms with Gasteiger partial charge in [-0.25, -0.2) is 4.79 Å². The number of furan rings is 1. The Kier molecular flexibility index (Phi) is 5.61. The number of aliphatic hydroxyl groups excluding tert-OH is 1. The number of nitrogens with one attached hydrogen (secondary N) is 1. The molecule has 1 atom stereocenters. The van der Waals surface area contributed by atoms with E-state index in [1.54, 1.807) is 17.0 Å². The first-order chi connectivity index (χ1) is 10.6. The third kappa shape index (κ3) is 4.63. The summed E-state index contributed by atoms with van der Waals surface area (Å²) in [7, 11) is 0. The molecule has 0 aliphatic carbocycles. The lowest BCUT2D eigenvalue weighted by molar-refractivity contribution is 0.100. The van der Waals surface area contributed by atoms with Crippen molar-refractivity contribution in [2.75, 3.05) is 6.54 Å². The van der Waals surface area contributed by atoms with Crippen LogP contribution in [0.2, 0.25) is 0 Å². The van der Waals surface area contributed by atoms with Crippen LogP contribution in [0.1, 0.15) is 31.3 Å². The maximum Gasteiger partial charge on any atom is 0.317 e. The maximum absolute atomic E-state index is 12.3. The second-order valence-electron chi connectivity index (χ2n) is 5.50. The number of carbonyl (C=O) groups excluding carboxylic acids is 1. The first kappa shape index (κ1) is 16.1. The van der Waals surface area contributed by atoms with E-state index in [1.807, 2.05) is 44.2 Å². The highest BCUT2D eigenvalue weighted by Crippen LogP contribution is 2.16. The number of hydrogen-bond donors (Lipinski definition) is 2. The summed E-state index contributed by atoms with van der Waals surface area (Å²) in [5.41, 5.74) is 1.01. The van der Waals surface area contributed by atoms with Crippen molar-refractivity contribution < 1.29 is 14.3 Å². The van der Waals surface area contributed by atoms with Gasteiger partial charge in [-0.2, -0.15) is 0 Å². The Morgan fingerprint density at radius 3 is 2.55 bits per heavy atom. The Morgan fingerprint density at radius 1 is 1.23 bits per heavy atom. The highest BCUT2D eigenvalue weighted by Gasteiger charge is 2.21. The predicted molar refractivity (Wildman–Crippen MR) is 84.2 cm³/mol. The van der Waals surface area contributed by atoms with Crippen molar-refractivity contribution in [3.63, 3.8) is 0 Å². The van der Waals surface area contributed by atoms with Crippen molar-refractivity contribution in [2.24, 2.45) is 0 Å². The summed E-state index contributed by atoms with van der Waals surface area (Å²) in [6, 6.07) is 12.9. The monoisotopic (exact) mass is 302 g/mol. The largest absolute Gasteiger partial charge is 0.467 e. The van der Waals surface area contributed by atoms with Gasteiger partial charge in [0, 0.05) is 12.6 Å². The van der Waals surface area contributed by atoms with Crippen molar-refractivity contribution in [1.82, 2.24) is 10.2 Å². The van der Waals surface area contributed by atoms with Crippen LogP contribution in [-0.2, 0) is 6.54 Å². The first-order valence-corrected chi connectivity index (χ1v) is 7.37.